The largest absolute Gasteiger partial charge is 0.311 e. The molecule has 1 heterocycles. The van der Waals surface area contributed by atoms with Gasteiger partial charge in [-0.25, -0.2) is 0 Å². The molecule has 0 saturated carbocycles. The monoisotopic (exact) mass is 286 g/mol. The lowest BCUT2D eigenvalue weighted by Gasteiger charge is -2.16. The molecule has 1 unspecified atom stereocenters. The molecule has 1 aliphatic heterocycles. The number of thiol groups is 1. The number of anilines is 1. The van der Waals surface area contributed by atoms with Crippen LogP contribution in [0.15, 0.2) is 18.2 Å². The van der Waals surface area contributed by atoms with Crippen LogP contribution in [0, 0.1) is 16.0 Å². The molecule has 0 radical (unpaired) electrons. The van der Waals surface area contributed by atoms with Gasteiger partial charge in [-0.2, -0.15) is 12.6 Å². The summed E-state index contributed by atoms with van der Waals surface area (Å²) in [7, 11) is 0. The molecule has 0 spiro atoms. The van der Waals surface area contributed by atoms with E-state index in [2.05, 4.69) is 12.6 Å². The van der Waals surface area contributed by atoms with Crippen LogP contribution in [-0.4, -0.2) is 23.1 Å². The topological polar surface area (TPSA) is 63.5 Å². The molecule has 1 aromatic rings. The maximum Gasteiger partial charge on any atom is 0.311 e. The maximum atomic E-state index is 11.9. The minimum atomic E-state index is -0.557. The molecule has 1 atom stereocenters. The van der Waals surface area contributed by atoms with Gasteiger partial charge in [0.1, 0.15) is 10.7 Å². The molecule has 2 rings (SSSR count). The summed E-state index contributed by atoms with van der Waals surface area (Å²) >= 11 is 9.98. The van der Waals surface area contributed by atoms with Gasteiger partial charge in [-0.3, -0.25) is 14.9 Å². The third-order valence-corrected chi connectivity index (χ3v) is 3.72. The molecule has 0 N–H and O–H groups in total. The first-order valence-electron chi connectivity index (χ1n) is 5.38. The predicted molar refractivity (Wildman–Crippen MR) is 72.4 cm³/mol. The Balaban J connectivity index is 2.43. The van der Waals surface area contributed by atoms with Gasteiger partial charge in [0.2, 0.25) is 5.91 Å². The van der Waals surface area contributed by atoms with Crippen LogP contribution in [0.2, 0.25) is 5.02 Å². The Morgan fingerprint density at radius 1 is 1.56 bits per heavy atom. The number of para-hydroxylation sites is 1. The van der Waals surface area contributed by atoms with E-state index in [-0.39, 0.29) is 28.2 Å². The first kappa shape index (κ1) is 13.2. The zero-order valence-electron chi connectivity index (χ0n) is 9.38. The highest BCUT2D eigenvalue weighted by Crippen LogP contribution is 2.37. The van der Waals surface area contributed by atoms with Gasteiger partial charge in [-0.15, -0.1) is 0 Å². The number of hydrogen-bond donors (Lipinski definition) is 1. The lowest BCUT2D eigenvalue weighted by molar-refractivity contribution is -0.383. The number of carbonyl (C=O) groups is 1. The van der Waals surface area contributed by atoms with Crippen molar-refractivity contribution in [2.75, 3.05) is 17.2 Å². The fourth-order valence-electron chi connectivity index (χ4n) is 2.04. The summed E-state index contributed by atoms with van der Waals surface area (Å²) in [4.78, 5) is 23.7. The normalized spacial score (nSPS) is 19.3. The Hall–Kier alpha value is -1.27. The number of nitro benzene ring substituents is 1. The molecular weight excluding hydrogens is 276 g/mol. The molecule has 1 saturated heterocycles. The summed E-state index contributed by atoms with van der Waals surface area (Å²) in [6, 6.07) is 4.59. The standard InChI is InChI=1S/C11H11ClN2O3S/c12-8-2-1-3-9(11(8)14(16)17)13-5-7(6-18)4-10(13)15/h1-3,7,18H,4-6H2. The molecule has 1 amide bonds. The Morgan fingerprint density at radius 3 is 2.83 bits per heavy atom. The molecular formula is C11H11ClN2O3S. The smallest absolute Gasteiger partial charge is 0.306 e. The van der Waals surface area contributed by atoms with Crippen molar-refractivity contribution < 1.29 is 9.72 Å². The van der Waals surface area contributed by atoms with E-state index in [9.17, 15) is 14.9 Å². The van der Waals surface area contributed by atoms with E-state index < -0.39 is 4.92 Å². The Labute approximate surface area is 114 Å². The van der Waals surface area contributed by atoms with Crippen molar-refractivity contribution in [1.82, 2.24) is 0 Å². The fraction of sp³-hybridized carbons (Fsp3) is 0.364. The molecule has 96 valence electrons. The van der Waals surface area contributed by atoms with Crippen molar-refractivity contribution in [3.63, 3.8) is 0 Å². The van der Waals surface area contributed by atoms with E-state index >= 15 is 0 Å². The van der Waals surface area contributed by atoms with Crippen LogP contribution in [0.1, 0.15) is 6.42 Å². The zero-order chi connectivity index (χ0) is 13.3. The quantitative estimate of drug-likeness (QED) is 0.527. The molecule has 1 aliphatic rings. The van der Waals surface area contributed by atoms with E-state index in [4.69, 9.17) is 11.6 Å². The second-order valence-corrected chi connectivity index (χ2v) is 4.89. The average Bonchev–Trinajstić information content (AvgIpc) is 2.69. The fourth-order valence-corrected chi connectivity index (χ4v) is 2.52. The second kappa shape index (κ2) is 5.16. The van der Waals surface area contributed by atoms with E-state index in [1.807, 2.05) is 0 Å². The maximum absolute atomic E-state index is 11.9. The summed E-state index contributed by atoms with van der Waals surface area (Å²) in [6.07, 6.45) is 0.368. The molecule has 18 heavy (non-hydrogen) atoms. The molecule has 0 bridgehead atoms. The van der Waals surface area contributed by atoms with Crippen LogP contribution < -0.4 is 4.90 Å². The van der Waals surface area contributed by atoms with Gasteiger partial charge in [0.05, 0.1) is 4.92 Å². The Kier molecular flexibility index (Phi) is 3.77. The molecule has 1 aromatic carbocycles. The van der Waals surface area contributed by atoms with E-state index in [1.54, 1.807) is 12.1 Å². The highest BCUT2D eigenvalue weighted by molar-refractivity contribution is 7.80. The lowest BCUT2D eigenvalue weighted by Crippen LogP contribution is -2.25. The minimum absolute atomic E-state index is 0.0413. The van der Waals surface area contributed by atoms with Crippen molar-refractivity contribution in [3.8, 4) is 0 Å². The van der Waals surface area contributed by atoms with Gasteiger partial charge in [-0.1, -0.05) is 17.7 Å². The summed E-state index contributed by atoms with van der Waals surface area (Å²) in [5.74, 6) is 0.579. The lowest BCUT2D eigenvalue weighted by atomic mass is 10.1. The van der Waals surface area contributed by atoms with Crippen LogP contribution in [-0.2, 0) is 4.79 Å². The van der Waals surface area contributed by atoms with E-state index in [1.165, 1.54) is 11.0 Å². The summed E-state index contributed by atoms with van der Waals surface area (Å²) in [5, 5.41) is 11.1. The molecule has 0 aliphatic carbocycles. The highest BCUT2D eigenvalue weighted by atomic mass is 35.5. The summed E-state index contributed by atoms with van der Waals surface area (Å²) in [5.41, 5.74) is 0.0501. The number of rotatable bonds is 3. The van der Waals surface area contributed by atoms with Crippen LogP contribution in [0.25, 0.3) is 0 Å². The molecule has 0 aromatic heterocycles. The van der Waals surface area contributed by atoms with Crippen LogP contribution in [0.3, 0.4) is 0 Å². The van der Waals surface area contributed by atoms with E-state index in [0.717, 1.165) is 0 Å². The predicted octanol–water partition coefficient (Wildman–Crippen LogP) is 2.53. The van der Waals surface area contributed by atoms with Gasteiger partial charge in [0, 0.05) is 13.0 Å². The first-order chi connectivity index (χ1) is 8.54. The van der Waals surface area contributed by atoms with E-state index in [0.29, 0.717) is 18.7 Å². The number of hydrogen-bond acceptors (Lipinski definition) is 4. The molecule has 1 fully saturated rings. The number of amides is 1. The van der Waals surface area contributed by atoms with Gasteiger partial charge < -0.3 is 4.90 Å². The van der Waals surface area contributed by atoms with Crippen molar-refractivity contribution >= 4 is 41.5 Å². The zero-order valence-corrected chi connectivity index (χ0v) is 11.0. The SMILES string of the molecule is O=C1CC(CS)CN1c1cccc(Cl)c1[N+](=O)[O-]. The van der Waals surface area contributed by atoms with Gasteiger partial charge >= 0.3 is 5.69 Å². The number of benzene rings is 1. The minimum Gasteiger partial charge on any atom is -0.306 e. The second-order valence-electron chi connectivity index (χ2n) is 4.12. The summed E-state index contributed by atoms with van der Waals surface area (Å²) in [6.45, 7) is 0.448. The highest BCUT2D eigenvalue weighted by Gasteiger charge is 2.34. The van der Waals surface area contributed by atoms with Gasteiger partial charge in [-0.05, 0) is 23.8 Å². The van der Waals surface area contributed by atoms with Crippen molar-refractivity contribution in [1.29, 1.82) is 0 Å². The van der Waals surface area contributed by atoms with Gasteiger partial charge in [0.15, 0.2) is 0 Å². The number of nitro groups is 1. The first-order valence-corrected chi connectivity index (χ1v) is 6.39. The number of halogens is 1. The van der Waals surface area contributed by atoms with Crippen molar-refractivity contribution in [3.05, 3.63) is 33.3 Å². The Morgan fingerprint density at radius 2 is 2.28 bits per heavy atom. The third-order valence-electron chi connectivity index (χ3n) is 2.90. The van der Waals surface area contributed by atoms with Gasteiger partial charge in [0.25, 0.3) is 0 Å². The molecule has 5 nitrogen and oxygen atoms in total. The number of carbonyl (C=O) groups excluding carboxylic acids is 1. The van der Waals surface area contributed by atoms with Crippen molar-refractivity contribution in [2.24, 2.45) is 5.92 Å². The van der Waals surface area contributed by atoms with Crippen LogP contribution >= 0.6 is 24.2 Å². The van der Waals surface area contributed by atoms with Crippen LogP contribution in [0.5, 0.6) is 0 Å². The number of nitrogens with zero attached hydrogens (tertiary/aromatic N) is 2. The molecule has 7 heteroatoms. The summed E-state index contributed by atoms with van der Waals surface area (Å²) < 4.78 is 0. The van der Waals surface area contributed by atoms with Crippen LogP contribution in [0.4, 0.5) is 11.4 Å². The third kappa shape index (κ3) is 2.30. The Bertz CT molecular complexity index is 509. The average molecular weight is 287 g/mol. The van der Waals surface area contributed by atoms with Crippen molar-refractivity contribution in [2.45, 2.75) is 6.42 Å².